The molecular weight excluding hydrogens is 263 g/mol. The van der Waals surface area contributed by atoms with Crippen LogP contribution in [0.1, 0.15) is 19.4 Å². The topological polar surface area (TPSA) is 24.4 Å². The van der Waals surface area contributed by atoms with Crippen LogP contribution in [-0.2, 0) is 0 Å². The minimum Gasteiger partial charge on any atom is -0.351 e. The van der Waals surface area contributed by atoms with Gasteiger partial charge in [-0.15, -0.1) is 0 Å². The lowest BCUT2D eigenvalue weighted by Crippen LogP contribution is -2.35. The Bertz CT molecular complexity index is 495. The van der Waals surface area contributed by atoms with Gasteiger partial charge in [0, 0.05) is 5.56 Å². The van der Waals surface area contributed by atoms with Gasteiger partial charge in [0.1, 0.15) is 16.4 Å². The molecule has 16 heavy (non-hydrogen) atoms. The largest absolute Gasteiger partial charge is 0.351 e. The van der Waals surface area contributed by atoms with Crippen molar-refractivity contribution in [1.29, 1.82) is 0 Å². The molecule has 0 aliphatic carbocycles. The third-order valence-corrected chi connectivity index (χ3v) is 3.25. The Kier molecular flexibility index (Phi) is 2.95. The summed E-state index contributed by atoms with van der Waals surface area (Å²) in [4.78, 5) is 5.15. The molecule has 84 valence electrons. The number of aliphatic imine (C=N–C) groups is 1. The van der Waals surface area contributed by atoms with Crippen molar-refractivity contribution in [3.8, 4) is 0 Å². The maximum absolute atomic E-state index is 5.96. The standard InChI is InChI=1S/C11H10Cl2N2S/c1-11(2)14-9(10(16)15-11)6-3-4-7(12)8(13)5-6/h3-5H,1-2H3,(H,15,16). The second-order valence-electron chi connectivity index (χ2n) is 4.10. The number of thiocarbonyl (C=S) groups is 1. The van der Waals surface area contributed by atoms with Gasteiger partial charge in [-0.3, -0.25) is 4.99 Å². The van der Waals surface area contributed by atoms with E-state index in [1.54, 1.807) is 12.1 Å². The number of halogens is 2. The second-order valence-corrected chi connectivity index (χ2v) is 5.33. The van der Waals surface area contributed by atoms with Crippen LogP contribution < -0.4 is 5.32 Å². The van der Waals surface area contributed by atoms with Crippen LogP contribution in [0.2, 0.25) is 10.0 Å². The normalized spacial score (nSPS) is 18.2. The number of nitrogens with one attached hydrogen (secondary N) is 1. The molecular formula is C11H10Cl2N2S. The Morgan fingerprint density at radius 2 is 1.94 bits per heavy atom. The predicted octanol–water partition coefficient (Wildman–Crippen LogP) is 3.45. The quantitative estimate of drug-likeness (QED) is 0.792. The van der Waals surface area contributed by atoms with Crippen LogP contribution in [0.5, 0.6) is 0 Å². The average Bonchev–Trinajstić information content (AvgIpc) is 2.45. The Morgan fingerprint density at radius 3 is 2.44 bits per heavy atom. The predicted molar refractivity (Wildman–Crippen MR) is 72.8 cm³/mol. The Morgan fingerprint density at radius 1 is 1.25 bits per heavy atom. The minimum atomic E-state index is -0.349. The van der Waals surface area contributed by atoms with Crippen LogP contribution in [-0.4, -0.2) is 16.4 Å². The fraction of sp³-hybridized carbons (Fsp3) is 0.273. The first-order chi connectivity index (χ1) is 7.39. The van der Waals surface area contributed by atoms with Crippen LogP contribution >= 0.6 is 35.4 Å². The molecule has 0 bridgehead atoms. The molecule has 1 aromatic carbocycles. The van der Waals surface area contributed by atoms with Gasteiger partial charge >= 0.3 is 0 Å². The zero-order valence-corrected chi connectivity index (χ0v) is 11.2. The fourth-order valence-corrected chi connectivity index (χ4v) is 2.25. The zero-order valence-electron chi connectivity index (χ0n) is 8.84. The van der Waals surface area contributed by atoms with E-state index in [2.05, 4.69) is 10.3 Å². The lowest BCUT2D eigenvalue weighted by Gasteiger charge is -2.13. The lowest BCUT2D eigenvalue weighted by atomic mass is 10.1. The summed E-state index contributed by atoms with van der Waals surface area (Å²) in [5, 5.41) is 4.17. The van der Waals surface area contributed by atoms with Crippen molar-refractivity contribution < 1.29 is 0 Å². The maximum Gasteiger partial charge on any atom is 0.127 e. The second kappa shape index (κ2) is 3.99. The Hall–Kier alpha value is -0.640. The smallest absolute Gasteiger partial charge is 0.127 e. The van der Waals surface area contributed by atoms with Crippen molar-refractivity contribution in [2.24, 2.45) is 4.99 Å². The van der Waals surface area contributed by atoms with Crippen LogP contribution in [0, 0.1) is 0 Å². The molecule has 1 N–H and O–H groups in total. The number of hydrogen-bond acceptors (Lipinski definition) is 2. The minimum absolute atomic E-state index is 0.349. The van der Waals surface area contributed by atoms with E-state index in [0.29, 0.717) is 15.0 Å². The molecule has 0 radical (unpaired) electrons. The van der Waals surface area contributed by atoms with Crippen molar-refractivity contribution in [3.05, 3.63) is 33.8 Å². The summed E-state index contributed by atoms with van der Waals surface area (Å²) >= 11 is 17.0. The van der Waals surface area contributed by atoms with E-state index < -0.39 is 0 Å². The van der Waals surface area contributed by atoms with Gasteiger partial charge in [-0.1, -0.05) is 41.5 Å². The summed E-state index contributed by atoms with van der Waals surface area (Å²) in [5.41, 5.74) is 1.30. The first-order valence-corrected chi connectivity index (χ1v) is 5.93. The van der Waals surface area contributed by atoms with E-state index in [1.807, 2.05) is 19.9 Å². The highest BCUT2D eigenvalue weighted by atomic mass is 35.5. The van der Waals surface area contributed by atoms with Crippen LogP contribution in [0.25, 0.3) is 0 Å². The fourth-order valence-electron chi connectivity index (χ4n) is 1.53. The molecule has 0 spiro atoms. The number of benzene rings is 1. The van der Waals surface area contributed by atoms with E-state index >= 15 is 0 Å². The Balaban J connectivity index is 2.46. The van der Waals surface area contributed by atoms with Gasteiger partial charge in [0.15, 0.2) is 0 Å². The summed E-state index contributed by atoms with van der Waals surface area (Å²) in [7, 11) is 0. The molecule has 1 heterocycles. The zero-order chi connectivity index (χ0) is 11.9. The molecule has 2 nitrogen and oxygen atoms in total. The molecule has 1 aromatic rings. The summed E-state index contributed by atoms with van der Waals surface area (Å²) < 4.78 is 0. The molecule has 0 fully saturated rings. The van der Waals surface area contributed by atoms with Gasteiger partial charge in [0.2, 0.25) is 0 Å². The van der Waals surface area contributed by atoms with Gasteiger partial charge in [0.25, 0.3) is 0 Å². The highest BCUT2D eigenvalue weighted by molar-refractivity contribution is 7.82. The highest BCUT2D eigenvalue weighted by Crippen LogP contribution is 2.25. The molecule has 0 unspecified atom stereocenters. The third-order valence-electron chi connectivity index (χ3n) is 2.22. The van der Waals surface area contributed by atoms with Crippen LogP contribution in [0.15, 0.2) is 23.2 Å². The van der Waals surface area contributed by atoms with E-state index in [0.717, 1.165) is 11.3 Å². The number of rotatable bonds is 1. The van der Waals surface area contributed by atoms with Crippen molar-refractivity contribution in [1.82, 2.24) is 5.32 Å². The van der Waals surface area contributed by atoms with Gasteiger partial charge in [-0.25, -0.2) is 0 Å². The van der Waals surface area contributed by atoms with E-state index in [4.69, 9.17) is 35.4 Å². The number of nitrogens with zero attached hydrogens (tertiary/aromatic N) is 1. The number of hydrogen-bond donors (Lipinski definition) is 1. The van der Waals surface area contributed by atoms with E-state index in [-0.39, 0.29) is 5.66 Å². The monoisotopic (exact) mass is 272 g/mol. The maximum atomic E-state index is 5.96. The van der Waals surface area contributed by atoms with E-state index in [1.165, 1.54) is 0 Å². The third kappa shape index (κ3) is 2.21. The van der Waals surface area contributed by atoms with Crippen molar-refractivity contribution in [2.75, 3.05) is 0 Å². The van der Waals surface area contributed by atoms with Crippen molar-refractivity contribution in [3.63, 3.8) is 0 Å². The van der Waals surface area contributed by atoms with Crippen LogP contribution in [0.3, 0.4) is 0 Å². The average molecular weight is 273 g/mol. The Labute approximate surface area is 110 Å². The molecule has 1 aliphatic rings. The molecule has 0 atom stereocenters. The van der Waals surface area contributed by atoms with Gasteiger partial charge in [0.05, 0.1) is 10.0 Å². The van der Waals surface area contributed by atoms with Crippen molar-refractivity contribution in [2.45, 2.75) is 19.5 Å². The van der Waals surface area contributed by atoms with Crippen molar-refractivity contribution >= 4 is 46.1 Å². The summed E-state index contributed by atoms with van der Waals surface area (Å²) in [6.45, 7) is 3.92. The first kappa shape index (κ1) is 11.8. The molecule has 5 heteroatoms. The summed E-state index contributed by atoms with van der Waals surface area (Å²) in [6.07, 6.45) is 0. The molecule has 0 aromatic heterocycles. The highest BCUT2D eigenvalue weighted by Gasteiger charge is 2.28. The van der Waals surface area contributed by atoms with Crippen LogP contribution in [0.4, 0.5) is 0 Å². The van der Waals surface area contributed by atoms with Gasteiger partial charge in [-0.2, -0.15) is 0 Å². The molecule has 2 rings (SSSR count). The van der Waals surface area contributed by atoms with E-state index in [9.17, 15) is 0 Å². The summed E-state index contributed by atoms with van der Waals surface area (Å²) in [5.74, 6) is 0. The molecule has 0 saturated heterocycles. The lowest BCUT2D eigenvalue weighted by molar-refractivity contribution is 0.506. The van der Waals surface area contributed by atoms with Gasteiger partial charge in [-0.05, 0) is 26.0 Å². The first-order valence-electron chi connectivity index (χ1n) is 4.77. The summed E-state index contributed by atoms with van der Waals surface area (Å²) in [6, 6.07) is 5.39. The molecule has 0 saturated carbocycles. The van der Waals surface area contributed by atoms with Gasteiger partial charge < -0.3 is 5.32 Å². The SMILES string of the molecule is CC1(C)N=C(c2ccc(Cl)c(Cl)c2)C(=S)N1. The molecule has 1 aliphatic heterocycles. The molecule has 0 amide bonds.